The van der Waals surface area contributed by atoms with E-state index in [-0.39, 0.29) is 0 Å². The first kappa shape index (κ1) is 13.9. The van der Waals surface area contributed by atoms with Crippen LogP contribution in [0.5, 0.6) is 0 Å². The van der Waals surface area contributed by atoms with Crippen molar-refractivity contribution in [1.82, 2.24) is 4.90 Å². The van der Waals surface area contributed by atoms with Crippen LogP contribution >= 0.6 is 0 Å². The largest absolute Gasteiger partial charge is 0.304 e. The van der Waals surface area contributed by atoms with Gasteiger partial charge in [0.1, 0.15) is 0 Å². The molecule has 14 heavy (non-hydrogen) atoms. The van der Waals surface area contributed by atoms with Crippen LogP contribution in [0.25, 0.3) is 0 Å². The third-order valence-electron chi connectivity index (χ3n) is 2.81. The van der Waals surface area contributed by atoms with Crippen molar-refractivity contribution in [3.05, 3.63) is 11.8 Å². The van der Waals surface area contributed by atoms with Gasteiger partial charge in [0.25, 0.3) is 0 Å². The topological polar surface area (TPSA) is 3.24 Å². The molecule has 0 spiro atoms. The Balaban J connectivity index is 3.72. The first-order valence-corrected chi connectivity index (χ1v) is 9.20. The van der Waals surface area contributed by atoms with Crippen LogP contribution in [-0.2, 0) is 0 Å². The first-order valence-electron chi connectivity index (χ1n) is 5.92. The zero-order chi connectivity index (χ0) is 11.0. The Kier molecular flexibility index (Phi) is 7.20. The molecule has 0 heterocycles. The highest BCUT2D eigenvalue weighted by Crippen LogP contribution is 2.13. The lowest BCUT2D eigenvalue weighted by molar-refractivity contribution is 0.304. The zero-order valence-electron chi connectivity index (χ0n) is 10.6. The van der Waals surface area contributed by atoms with E-state index in [1.54, 1.807) is 0 Å². The molecule has 0 aromatic heterocycles. The SMILES string of the molecule is C/C=C\[Si](C)(C)CCCN(CC)CC. The predicted octanol–water partition coefficient (Wildman–Crippen LogP) is 3.54. The van der Waals surface area contributed by atoms with Gasteiger partial charge in [-0.3, -0.25) is 0 Å². The van der Waals surface area contributed by atoms with Gasteiger partial charge >= 0.3 is 0 Å². The molecule has 0 amide bonds. The van der Waals surface area contributed by atoms with Crippen LogP contribution in [0.4, 0.5) is 0 Å². The Hall–Kier alpha value is -0.0831. The maximum Gasteiger partial charge on any atom is 0.0713 e. The molecule has 0 fully saturated rings. The van der Waals surface area contributed by atoms with Crippen molar-refractivity contribution in [2.24, 2.45) is 0 Å². The summed E-state index contributed by atoms with van der Waals surface area (Å²) in [6.45, 7) is 15.2. The molecule has 0 aromatic rings. The van der Waals surface area contributed by atoms with Gasteiger partial charge in [0.2, 0.25) is 0 Å². The number of allylic oxidation sites excluding steroid dienone is 1. The lowest BCUT2D eigenvalue weighted by Crippen LogP contribution is -2.28. The van der Waals surface area contributed by atoms with Crippen molar-refractivity contribution >= 4 is 8.07 Å². The lowest BCUT2D eigenvalue weighted by atomic mass is 10.4. The minimum absolute atomic E-state index is 1.00. The molecule has 84 valence electrons. The molecule has 0 aliphatic rings. The quantitative estimate of drug-likeness (QED) is 0.585. The molecule has 0 aliphatic carbocycles. The summed E-state index contributed by atoms with van der Waals surface area (Å²) in [6.07, 6.45) is 3.59. The van der Waals surface area contributed by atoms with Crippen LogP contribution < -0.4 is 0 Å². The second kappa shape index (κ2) is 7.24. The van der Waals surface area contributed by atoms with Gasteiger partial charge in [0, 0.05) is 0 Å². The van der Waals surface area contributed by atoms with Crippen LogP contribution in [0.3, 0.4) is 0 Å². The van der Waals surface area contributed by atoms with Crippen LogP contribution in [0, 0.1) is 0 Å². The molecule has 0 atom stereocenters. The van der Waals surface area contributed by atoms with Crippen LogP contribution in [0.15, 0.2) is 11.8 Å². The minimum Gasteiger partial charge on any atom is -0.304 e. The highest BCUT2D eigenvalue weighted by molar-refractivity contribution is 6.82. The molecule has 0 saturated heterocycles. The van der Waals surface area contributed by atoms with Crippen molar-refractivity contribution in [3.63, 3.8) is 0 Å². The van der Waals surface area contributed by atoms with E-state index in [9.17, 15) is 0 Å². The van der Waals surface area contributed by atoms with Gasteiger partial charge in [-0.2, -0.15) is 0 Å². The summed E-state index contributed by atoms with van der Waals surface area (Å²) in [4.78, 5) is 2.51. The van der Waals surface area contributed by atoms with Crippen LogP contribution in [-0.4, -0.2) is 32.6 Å². The molecule has 0 N–H and O–H groups in total. The summed E-state index contributed by atoms with van der Waals surface area (Å²) in [5.41, 5.74) is 2.45. The highest BCUT2D eigenvalue weighted by atomic mass is 28.3. The van der Waals surface area contributed by atoms with E-state index in [1.165, 1.54) is 32.1 Å². The van der Waals surface area contributed by atoms with Gasteiger partial charge < -0.3 is 4.90 Å². The fourth-order valence-corrected chi connectivity index (χ4v) is 3.97. The fourth-order valence-electron chi connectivity index (χ4n) is 1.83. The number of rotatable bonds is 7. The lowest BCUT2D eigenvalue weighted by Gasteiger charge is -2.22. The molecule has 0 aliphatic heterocycles. The summed E-state index contributed by atoms with van der Waals surface area (Å²) in [6, 6.07) is 1.42. The summed E-state index contributed by atoms with van der Waals surface area (Å²) >= 11 is 0. The average Bonchev–Trinajstić information content (AvgIpc) is 2.12. The molecule has 0 saturated carbocycles. The number of nitrogens with zero attached hydrogens (tertiary/aromatic N) is 1. The third-order valence-corrected chi connectivity index (χ3v) is 5.69. The van der Waals surface area contributed by atoms with Gasteiger partial charge in [0.05, 0.1) is 8.07 Å². The third kappa shape index (κ3) is 6.38. The van der Waals surface area contributed by atoms with E-state index in [2.05, 4.69) is 50.5 Å². The van der Waals surface area contributed by atoms with Gasteiger partial charge in [-0.05, 0) is 33.0 Å². The maximum atomic E-state index is 2.51. The van der Waals surface area contributed by atoms with Crippen molar-refractivity contribution in [2.45, 2.75) is 46.3 Å². The Labute approximate surface area is 91.2 Å². The standard InChI is InChI=1S/C12H27NSi/c1-6-11-14(4,5)12-9-10-13(7-2)8-3/h6,11H,7-10,12H2,1-5H3/b11-6-. The Morgan fingerprint density at radius 3 is 2.14 bits per heavy atom. The van der Waals surface area contributed by atoms with Gasteiger partial charge in [-0.25, -0.2) is 0 Å². The average molecular weight is 213 g/mol. The van der Waals surface area contributed by atoms with Crippen molar-refractivity contribution in [2.75, 3.05) is 19.6 Å². The normalized spacial score (nSPS) is 13.0. The first-order chi connectivity index (χ1) is 6.55. The molecular formula is C12H27NSi. The molecular weight excluding hydrogens is 186 g/mol. The molecule has 1 nitrogen and oxygen atoms in total. The van der Waals surface area contributed by atoms with Crippen molar-refractivity contribution < 1.29 is 0 Å². The summed E-state index contributed by atoms with van der Waals surface area (Å²) < 4.78 is 0. The van der Waals surface area contributed by atoms with Gasteiger partial charge in [-0.1, -0.05) is 44.8 Å². The molecule has 0 unspecified atom stereocenters. The van der Waals surface area contributed by atoms with E-state index >= 15 is 0 Å². The van der Waals surface area contributed by atoms with E-state index in [0.29, 0.717) is 0 Å². The van der Waals surface area contributed by atoms with E-state index < -0.39 is 8.07 Å². The maximum absolute atomic E-state index is 2.51. The summed E-state index contributed by atoms with van der Waals surface area (Å²) in [5, 5.41) is 0. The van der Waals surface area contributed by atoms with Crippen molar-refractivity contribution in [1.29, 1.82) is 0 Å². The van der Waals surface area contributed by atoms with E-state index in [1.807, 2.05) is 0 Å². The molecule has 0 rings (SSSR count). The Morgan fingerprint density at radius 1 is 1.14 bits per heavy atom. The summed E-state index contributed by atoms with van der Waals surface area (Å²) in [5.74, 6) is 0. The monoisotopic (exact) mass is 213 g/mol. The second-order valence-corrected chi connectivity index (χ2v) is 9.43. The van der Waals surface area contributed by atoms with Crippen LogP contribution in [0.2, 0.25) is 19.1 Å². The van der Waals surface area contributed by atoms with E-state index in [0.717, 1.165) is 0 Å². The molecule has 0 bridgehead atoms. The Bertz CT molecular complexity index is 160. The predicted molar refractivity (Wildman–Crippen MR) is 69.5 cm³/mol. The smallest absolute Gasteiger partial charge is 0.0713 e. The Morgan fingerprint density at radius 2 is 1.71 bits per heavy atom. The van der Waals surface area contributed by atoms with Gasteiger partial charge in [0.15, 0.2) is 0 Å². The number of hydrogen-bond acceptors (Lipinski definition) is 1. The minimum atomic E-state index is -1.00. The molecule has 0 radical (unpaired) electrons. The van der Waals surface area contributed by atoms with Crippen molar-refractivity contribution in [3.8, 4) is 0 Å². The molecule has 0 aromatic carbocycles. The fraction of sp³-hybridized carbons (Fsp3) is 0.833. The number of hydrogen-bond donors (Lipinski definition) is 0. The van der Waals surface area contributed by atoms with E-state index in [4.69, 9.17) is 0 Å². The zero-order valence-corrected chi connectivity index (χ0v) is 11.6. The van der Waals surface area contributed by atoms with Gasteiger partial charge in [-0.15, -0.1) is 0 Å². The molecule has 2 heteroatoms. The second-order valence-electron chi connectivity index (χ2n) is 4.62. The summed E-state index contributed by atoms with van der Waals surface area (Å²) in [7, 11) is -1.00. The van der Waals surface area contributed by atoms with Crippen LogP contribution in [0.1, 0.15) is 27.2 Å². The highest BCUT2D eigenvalue weighted by Gasteiger charge is 2.15.